The van der Waals surface area contributed by atoms with E-state index in [1.807, 2.05) is 6.07 Å². The number of benzene rings is 1. The molecule has 1 saturated heterocycles. The van der Waals surface area contributed by atoms with Crippen LogP contribution in [0.15, 0.2) is 18.2 Å². The molecule has 2 fully saturated rings. The summed E-state index contributed by atoms with van der Waals surface area (Å²) in [5.41, 5.74) is 1.53. The number of piperazine rings is 1. The molecule has 4 heteroatoms. The van der Waals surface area contributed by atoms with E-state index in [4.69, 9.17) is 0 Å². The van der Waals surface area contributed by atoms with Gasteiger partial charge in [0.05, 0.1) is 0 Å². The number of phenolic OH excluding ortho intramolecular Hbond substituents is 1. The number of ketones is 1. The first-order valence-electron chi connectivity index (χ1n) is 7.43. The Labute approximate surface area is 120 Å². The van der Waals surface area contributed by atoms with Crippen LogP contribution in [0.5, 0.6) is 5.75 Å². The number of carbonyl (C=O) groups is 1. The van der Waals surface area contributed by atoms with Gasteiger partial charge in [-0.1, -0.05) is 0 Å². The summed E-state index contributed by atoms with van der Waals surface area (Å²) >= 11 is 0. The van der Waals surface area contributed by atoms with Crippen molar-refractivity contribution in [2.75, 3.05) is 26.2 Å². The molecule has 20 heavy (non-hydrogen) atoms. The van der Waals surface area contributed by atoms with E-state index in [1.165, 1.54) is 12.8 Å². The minimum absolute atomic E-state index is 0.0461. The van der Waals surface area contributed by atoms with Crippen molar-refractivity contribution in [3.8, 4) is 5.75 Å². The fourth-order valence-corrected chi connectivity index (χ4v) is 2.90. The van der Waals surface area contributed by atoms with E-state index in [0.717, 1.165) is 44.3 Å². The van der Waals surface area contributed by atoms with E-state index < -0.39 is 0 Å². The summed E-state index contributed by atoms with van der Waals surface area (Å²) in [6, 6.07) is 5.98. The van der Waals surface area contributed by atoms with Crippen LogP contribution in [0.3, 0.4) is 0 Å². The lowest BCUT2D eigenvalue weighted by Crippen LogP contribution is -2.46. The van der Waals surface area contributed by atoms with Crippen molar-refractivity contribution in [3.05, 3.63) is 29.3 Å². The number of hydrogen-bond donors (Lipinski definition) is 1. The molecule has 1 heterocycles. The van der Waals surface area contributed by atoms with Crippen LogP contribution >= 0.6 is 0 Å². The molecule has 0 atom stereocenters. The van der Waals surface area contributed by atoms with Crippen molar-refractivity contribution < 1.29 is 9.90 Å². The minimum Gasteiger partial charge on any atom is -0.508 e. The summed E-state index contributed by atoms with van der Waals surface area (Å²) in [7, 11) is 0. The van der Waals surface area contributed by atoms with Gasteiger partial charge in [0.25, 0.3) is 0 Å². The predicted octanol–water partition coefficient (Wildman–Crippen LogP) is 1.87. The highest BCUT2D eigenvalue weighted by Gasteiger charge is 2.31. The normalized spacial score (nSPS) is 21.1. The summed E-state index contributed by atoms with van der Waals surface area (Å²) in [5, 5.41) is 9.95. The van der Waals surface area contributed by atoms with Gasteiger partial charge in [-0.2, -0.15) is 0 Å². The van der Waals surface area contributed by atoms with Crippen molar-refractivity contribution in [2.24, 2.45) is 0 Å². The smallest absolute Gasteiger partial charge is 0.159 e. The van der Waals surface area contributed by atoms with Gasteiger partial charge in [0.2, 0.25) is 0 Å². The standard InChI is InChI=1S/C16H22N2O2/c1-12(19)13-2-5-16(20)14(10-13)11-17-6-8-18(9-7-17)15-3-4-15/h2,5,10,15,20H,3-4,6-9,11H2,1H3. The van der Waals surface area contributed by atoms with Crippen molar-refractivity contribution in [3.63, 3.8) is 0 Å². The molecule has 1 aromatic carbocycles. The maximum atomic E-state index is 11.4. The third kappa shape index (κ3) is 3.02. The van der Waals surface area contributed by atoms with Crippen LogP contribution in [-0.2, 0) is 6.54 Å². The Morgan fingerprint density at radius 1 is 1.25 bits per heavy atom. The van der Waals surface area contributed by atoms with Crippen LogP contribution < -0.4 is 0 Å². The molecule has 0 spiro atoms. The van der Waals surface area contributed by atoms with E-state index in [0.29, 0.717) is 11.3 Å². The fraction of sp³-hybridized carbons (Fsp3) is 0.562. The predicted molar refractivity (Wildman–Crippen MR) is 78.0 cm³/mol. The average Bonchev–Trinajstić information content (AvgIpc) is 3.26. The quantitative estimate of drug-likeness (QED) is 0.851. The van der Waals surface area contributed by atoms with Gasteiger partial charge >= 0.3 is 0 Å². The number of nitrogens with zero attached hydrogens (tertiary/aromatic N) is 2. The van der Waals surface area contributed by atoms with Crippen LogP contribution in [0, 0.1) is 0 Å². The molecule has 0 bridgehead atoms. The molecular weight excluding hydrogens is 252 g/mol. The lowest BCUT2D eigenvalue weighted by Gasteiger charge is -2.34. The van der Waals surface area contributed by atoms with Crippen LogP contribution in [0.2, 0.25) is 0 Å². The second kappa shape index (κ2) is 5.54. The third-order valence-corrected chi connectivity index (χ3v) is 4.35. The molecule has 1 aromatic rings. The van der Waals surface area contributed by atoms with Gasteiger partial charge < -0.3 is 5.11 Å². The van der Waals surface area contributed by atoms with Crippen molar-refractivity contribution >= 4 is 5.78 Å². The third-order valence-electron chi connectivity index (χ3n) is 4.35. The molecular formula is C16H22N2O2. The second-order valence-electron chi connectivity index (χ2n) is 5.94. The van der Waals surface area contributed by atoms with Crippen molar-refractivity contribution in [2.45, 2.75) is 32.4 Å². The van der Waals surface area contributed by atoms with Crippen LogP contribution in [0.25, 0.3) is 0 Å². The molecule has 0 unspecified atom stereocenters. The number of hydrogen-bond acceptors (Lipinski definition) is 4. The lowest BCUT2D eigenvalue weighted by molar-refractivity contribution is 0.101. The molecule has 1 N–H and O–H groups in total. The van der Waals surface area contributed by atoms with E-state index >= 15 is 0 Å². The Hall–Kier alpha value is -1.39. The first-order chi connectivity index (χ1) is 9.63. The maximum Gasteiger partial charge on any atom is 0.159 e. The highest BCUT2D eigenvalue weighted by atomic mass is 16.3. The molecule has 108 valence electrons. The zero-order valence-corrected chi connectivity index (χ0v) is 12.0. The first-order valence-corrected chi connectivity index (χ1v) is 7.43. The Balaban J connectivity index is 1.62. The van der Waals surface area contributed by atoms with Gasteiger partial charge in [-0.3, -0.25) is 14.6 Å². The van der Waals surface area contributed by atoms with E-state index in [1.54, 1.807) is 19.1 Å². The zero-order chi connectivity index (χ0) is 14.1. The monoisotopic (exact) mass is 274 g/mol. The number of phenols is 1. The Bertz CT molecular complexity index is 503. The summed E-state index contributed by atoms with van der Waals surface area (Å²) in [5.74, 6) is 0.337. The topological polar surface area (TPSA) is 43.8 Å². The molecule has 3 rings (SSSR count). The molecule has 0 amide bonds. The highest BCUT2D eigenvalue weighted by Crippen LogP contribution is 2.28. The van der Waals surface area contributed by atoms with E-state index in [-0.39, 0.29) is 5.78 Å². The average molecular weight is 274 g/mol. The van der Waals surface area contributed by atoms with Crippen LogP contribution in [0.1, 0.15) is 35.7 Å². The Kier molecular flexibility index (Phi) is 3.76. The SMILES string of the molecule is CC(=O)c1ccc(O)c(CN2CCN(C3CC3)CC2)c1. The lowest BCUT2D eigenvalue weighted by atomic mass is 10.1. The second-order valence-corrected chi connectivity index (χ2v) is 5.94. The summed E-state index contributed by atoms with van der Waals surface area (Å²) in [6.45, 7) is 6.62. The number of carbonyl (C=O) groups excluding carboxylic acids is 1. The summed E-state index contributed by atoms with van der Waals surface area (Å²) < 4.78 is 0. The molecule has 0 radical (unpaired) electrons. The van der Waals surface area contributed by atoms with Crippen molar-refractivity contribution in [1.82, 2.24) is 9.80 Å². The zero-order valence-electron chi connectivity index (χ0n) is 12.0. The minimum atomic E-state index is 0.0461. The van der Waals surface area contributed by atoms with Gasteiger partial charge in [0, 0.05) is 49.9 Å². The largest absolute Gasteiger partial charge is 0.508 e. The highest BCUT2D eigenvalue weighted by molar-refractivity contribution is 5.94. The molecule has 0 aromatic heterocycles. The van der Waals surface area contributed by atoms with E-state index in [9.17, 15) is 9.90 Å². The van der Waals surface area contributed by atoms with E-state index in [2.05, 4.69) is 9.80 Å². The molecule has 1 aliphatic heterocycles. The number of aromatic hydroxyl groups is 1. The summed E-state index contributed by atoms with van der Waals surface area (Å²) in [6.07, 6.45) is 2.73. The summed E-state index contributed by atoms with van der Waals surface area (Å²) in [4.78, 5) is 16.4. The van der Waals surface area contributed by atoms with Crippen LogP contribution in [-0.4, -0.2) is 52.9 Å². The first kappa shape index (κ1) is 13.6. The Morgan fingerprint density at radius 3 is 2.55 bits per heavy atom. The van der Waals surface area contributed by atoms with Gasteiger partial charge in [-0.15, -0.1) is 0 Å². The molecule has 4 nitrogen and oxygen atoms in total. The number of rotatable bonds is 4. The molecule has 1 aliphatic carbocycles. The molecule has 1 saturated carbocycles. The van der Waals surface area contributed by atoms with Gasteiger partial charge in [-0.25, -0.2) is 0 Å². The van der Waals surface area contributed by atoms with Gasteiger partial charge in [0.15, 0.2) is 5.78 Å². The Morgan fingerprint density at radius 2 is 1.95 bits per heavy atom. The number of Topliss-reactive ketones (excluding diaryl/α,β-unsaturated/α-hetero) is 1. The fourth-order valence-electron chi connectivity index (χ4n) is 2.90. The van der Waals surface area contributed by atoms with Gasteiger partial charge in [0.1, 0.15) is 5.75 Å². The maximum absolute atomic E-state index is 11.4. The molecule has 2 aliphatic rings. The van der Waals surface area contributed by atoms with Gasteiger partial charge in [-0.05, 0) is 38.0 Å². The van der Waals surface area contributed by atoms with Crippen molar-refractivity contribution in [1.29, 1.82) is 0 Å². The van der Waals surface area contributed by atoms with Crippen LogP contribution in [0.4, 0.5) is 0 Å².